The van der Waals surface area contributed by atoms with E-state index in [2.05, 4.69) is 58.6 Å². The highest BCUT2D eigenvalue weighted by molar-refractivity contribution is 5.79. The van der Waals surface area contributed by atoms with Crippen LogP contribution in [0.5, 0.6) is 0 Å². The minimum absolute atomic E-state index is 0.156. The first-order chi connectivity index (χ1) is 11.6. The molecule has 1 heterocycles. The second-order valence-corrected chi connectivity index (χ2v) is 6.06. The van der Waals surface area contributed by atoms with Gasteiger partial charge in [-0.1, -0.05) is 29.8 Å². The van der Waals surface area contributed by atoms with Crippen LogP contribution in [-0.4, -0.2) is 38.0 Å². The zero-order valence-corrected chi connectivity index (χ0v) is 15.0. The number of rotatable bonds is 7. The Morgan fingerprint density at radius 3 is 2.50 bits per heavy atom. The maximum atomic E-state index is 5.55. The lowest BCUT2D eigenvalue weighted by molar-refractivity contribution is 0.258. The lowest BCUT2D eigenvalue weighted by atomic mass is 10.1. The van der Waals surface area contributed by atoms with Crippen molar-refractivity contribution in [3.63, 3.8) is 0 Å². The van der Waals surface area contributed by atoms with E-state index in [0.717, 1.165) is 24.8 Å². The Labute approximate surface area is 144 Å². The number of hydrogen-bond acceptors (Lipinski definition) is 3. The molecule has 0 saturated carbocycles. The summed E-state index contributed by atoms with van der Waals surface area (Å²) in [5.74, 6) is 1.76. The molecule has 0 spiro atoms. The molecule has 2 aromatic rings. The highest BCUT2D eigenvalue weighted by Crippen LogP contribution is 2.17. The fraction of sp³-hybridized carbons (Fsp3) is 0.421. The fourth-order valence-electron chi connectivity index (χ4n) is 2.42. The van der Waals surface area contributed by atoms with Gasteiger partial charge >= 0.3 is 0 Å². The Balaban J connectivity index is 1.99. The number of aliphatic imine (C=N–C) groups is 1. The van der Waals surface area contributed by atoms with Crippen LogP contribution in [0.4, 0.5) is 0 Å². The predicted molar refractivity (Wildman–Crippen MR) is 99.1 cm³/mol. The normalized spacial score (nSPS) is 13.1. The average molecular weight is 328 g/mol. The zero-order valence-electron chi connectivity index (χ0n) is 15.0. The average Bonchev–Trinajstić information content (AvgIpc) is 3.08. The van der Waals surface area contributed by atoms with Crippen LogP contribution >= 0.6 is 0 Å². The summed E-state index contributed by atoms with van der Waals surface area (Å²) in [7, 11) is 4.09. The molecule has 1 unspecified atom stereocenters. The summed E-state index contributed by atoms with van der Waals surface area (Å²) in [4.78, 5) is 6.81. The summed E-state index contributed by atoms with van der Waals surface area (Å²) in [6.45, 7) is 6.37. The van der Waals surface area contributed by atoms with Gasteiger partial charge < -0.3 is 15.1 Å². The molecule has 0 aliphatic carbocycles. The first-order valence-electron chi connectivity index (χ1n) is 8.37. The number of aryl methyl sites for hydroxylation is 1. The molecule has 24 heavy (non-hydrogen) atoms. The maximum absolute atomic E-state index is 5.55. The van der Waals surface area contributed by atoms with Crippen LogP contribution in [0.15, 0.2) is 52.1 Å². The van der Waals surface area contributed by atoms with Crippen molar-refractivity contribution in [2.24, 2.45) is 4.99 Å². The van der Waals surface area contributed by atoms with Crippen molar-refractivity contribution >= 4 is 5.96 Å². The second kappa shape index (κ2) is 9.13. The van der Waals surface area contributed by atoms with Crippen LogP contribution in [0.1, 0.15) is 29.9 Å². The standard InChI is InChI=1S/C19H28N4O/c1-5-20-19(21-13-16-10-8-15(2)9-11-16)22-14-17(23(3)4)18-7-6-12-24-18/h6-12,17H,5,13-14H2,1-4H3,(H2,20,21,22). The molecule has 2 rings (SSSR count). The predicted octanol–water partition coefficient (Wildman–Crippen LogP) is 2.95. The number of guanidine groups is 1. The van der Waals surface area contributed by atoms with Gasteiger partial charge in [0.05, 0.1) is 18.8 Å². The quantitative estimate of drug-likeness (QED) is 0.606. The number of nitrogens with one attached hydrogen (secondary N) is 2. The Morgan fingerprint density at radius 2 is 1.92 bits per heavy atom. The molecule has 5 heteroatoms. The molecule has 5 nitrogen and oxygen atoms in total. The molecule has 1 atom stereocenters. The van der Waals surface area contributed by atoms with Gasteiger partial charge in [0.2, 0.25) is 0 Å². The fourth-order valence-corrected chi connectivity index (χ4v) is 2.42. The van der Waals surface area contributed by atoms with Crippen LogP contribution in [0.3, 0.4) is 0 Å². The van der Waals surface area contributed by atoms with E-state index in [-0.39, 0.29) is 6.04 Å². The Bertz CT molecular complexity index is 617. The van der Waals surface area contributed by atoms with Crippen LogP contribution in [0, 0.1) is 6.92 Å². The van der Waals surface area contributed by atoms with E-state index in [4.69, 9.17) is 4.42 Å². The molecular formula is C19H28N4O. The second-order valence-electron chi connectivity index (χ2n) is 6.06. The Kier molecular flexibility index (Phi) is 6.88. The van der Waals surface area contributed by atoms with E-state index in [0.29, 0.717) is 6.54 Å². The number of furan rings is 1. The van der Waals surface area contributed by atoms with Crippen LogP contribution in [0.25, 0.3) is 0 Å². The number of hydrogen-bond donors (Lipinski definition) is 2. The largest absolute Gasteiger partial charge is 0.468 e. The highest BCUT2D eigenvalue weighted by Gasteiger charge is 2.17. The van der Waals surface area contributed by atoms with E-state index >= 15 is 0 Å². The maximum Gasteiger partial charge on any atom is 0.191 e. The third-order valence-corrected chi connectivity index (χ3v) is 3.84. The molecular weight excluding hydrogens is 300 g/mol. The lowest BCUT2D eigenvalue weighted by Crippen LogP contribution is -2.41. The van der Waals surface area contributed by atoms with E-state index in [1.807, 2.05) is 26.2 Å². The van der Waals surface area contributed by atoms with E-state index in [9.17, 15) is 0 Å². The Hall–Kier alpha value is -2.27. The third-order valence-electron chi connectivity index (χ3n) is 3.84. The van der Waals surface area contributed by atoms with Gasteiger partial charge in [0.1, 0.15) is 5.76 Å². The van der Waals surface area contributed by atoms with Crippen LogP contribution < -0.4 is 10.6 Å². The molecule has 0 fully saturated rings. The summed E-state index contributed by atoms with van der Waals surface area (Å²) in [5.41, 5.74) is 2.47. The van der Waals surface area contributed by atoms with Gasteiger partial charge in [-0.2, -0.15) is 0 Å². The molecule has 0 aliphatic rings. The number of nitrogens with zero attached hydrogens (tertiary/aromatic N) is 2. The minimum atomic E-state index is 0.156. The smallest absolute Gasteiger partial charge is 0.191 e. The van der Waals surface area contributed by atoms with Gasteiger partial charge in [0.15, 0.2) is 5.96 Å². The molecule has 0 saturated heterocycles. The SMILES string of the molecule is CCNC(=NCc1ccc(C)cc1)NCC(c1ccco1)N(C)C. The van der Waals surface area contributed by atoms with E-state index in [1.54, 1.807) is 6.26 Å². The first-order valence-corrected chi connectivity index (χ1v) is 8.37. The molecule has 2 N–H and O–H groups in total. The zero-order chi connectivity index (χ0) is 17.4. The van der Waals surface area contributed by atoms with Crippen molar-refractivity contribution in [2.75, 3.05) is 27.2 Å². The van der Waals surface area contributed by atoms with Gasteiger partial charge in [-0.3, -0.25) is 4.90 Å². The van der Waals surface area contributed by atoms with Gasteiger partial charge in [0.25, 0.3) is 0 Å². The number of benzene rings is 1. The summed E-state index contributed by atoms with van der Waals surface area (Å²) in [5, 5.41) is 6.70. The van der Waals surface area contributed by atoms with Crippen LogP contribution in [0.2, 0.25) is 0 Å². The van der Waals surface area contributed by atoms with E-state index in [1.165, 1.54) is 11.1 Å². The lowest BCUT2D eigenvalue weighted by Gasteiger charge is -2.23. The topological polar surface area (TPSA) is 52.8 Å². The van der Waals surface area contributed by atoms with E-state index < -0.39 is 0 Å². The molecule has 130 valence electrons. The summed E-state index contributed by atoms with van der Waals surface area (Å²) >= 11 is 0. The van der Waals surface area contributed by atoms with Gasteiger partial charge in [-0.15, -0.1) is 0 Å². The van der Waals surface area contributed by atoms with Gasteiger partial charge in [0, 0.05) is 13.1 Å². The van der Waals surface area contributed by atoms with Crippen molar-refractivity contribution in [1.29, 1.82) is 0 Å². The molecule has 1 aromatic heterocycles. The third kappa shape index (κ3) is 5.42. The molecule has 0 aliphatic heterocycles. The number of likely N-dealkylation sites (N-methyl/N-ethyl adjacent to an activating group) is 1. The highest BCUT2D eigenvalue weighted by atomic mass is 16.3. The molecule has 1 aromatic carbocycles. The van der Waals surface area contributed by atoms with Crippen molar-refractivity contribution in [3.8, 4) is 0 Å². The molecule has 0 bridgehead atoms. The summed E-state index contributed by atoms with van der Waals surface area (Å²) in [6.07, 6.45) is 1.71. The van der Waals surface area contributed by atoms with Crippen molar-refractivity contribution in [2.45, 2.75) is 26.4 Å². The van der Waals surface area contributed by atoms with Crippen LogP contribution in [-0.2, 0) is 6.54 Å². The Morgan fingerprint density at radius 1 is 1.17 bits per heavy atom. The van der Waals surface area contributed by atoms with Gasteiger partial charge in [-0.05, 0) is 45.6 Å². The molecule has 0 radical (unpaired) electrons. The first kappa shape index (κ1) is 18.1. The monoisotopic (exact) mass is 328 g/mol. The molecule has 0 amide bonds. The van der Waals surface area contributed by atoms with Crippen molar-refractivity contribution in [3.05, 3.63) is 59.5 Å². The van der Waals surface area contributed by atoms with Gasteiger partial charge in [-0.25, -0.2) is 4.99 Å². The summed E-state index contributed by atoms with van der Waals surface area (Å²) < 4.78 is 5.55. The summed E-state index contributed by atoms with van der Waals surface area (Å²) in [6, 6.07) is 12.5. The minimum Gasteiger partial charge on any atom is -0.468 e. The van der Waals surface area contributed by atoms with Crippen molar-refractivity contribution in [1.82, 2.24) is 15.5 Å². The van der Waals surface area contributed by atoms with Crippen molar-refractivity contribution < 1.29 is 4.42 Å².